The molecule has 2 heterocycles. The fourth-order valence-corrected chi connectivity index (χ4v) is 6.07. The van der Waals surface area contributed by atoms with Gasteiger partial charge in [-0.05, 0) is 67.4 Å². The Bertz CT molecular complexity index is 1610. The van der Waals surface area contributed by atoms with Gasteiger partial charge in [-0.15, -0.1) is 0 Å². The van der Waals surface area contributed by atoms with Gasteiger partial charge in [0.05, 0.1) is 47.7 Å². The van der Waals surface area contributed by atoms with Crippen molar-refractivity contribution in [1.29, 1.82) is 0 Å². The Morgan fingerprint density at radius 2 is 1.64 bits per heavy atom. The molecule has 0 spiro atoms. The van der Waals surface area contributed by atoms with E-state index in [1.54, 1.807) is 6.07 Å². The molecule has 1 N–H and O–H groups in total. The number of sulfonamides is 1. The number of nitrogens with one attached hydrogen (secondary N) is 1. The largest absolute Gasteiger partial charge is 0.495 e. The van der Waals surface area contributed by atoms with Gasteiger partial charge in [-0.1, -0.05) is 12.1 Å². The summed E-state index contributed by atoms with van der Waals surface area (Å²) in [5, 5.41) is 2.69. The van der Waals surface area contributed by atoms with E-state index in [0.29, 0.717) is 18.9 Å². The van der Waals surface area contributed by atoms with Gasteiger partial charge >= 0.3 is 0 Å². The predicted molar refractivity (Wildman–Crippen MR) is 144 cm³/mol. The predicted octanol–water partition coefficient (Wildman–Crippen LogP) is 3.39. The fourth-order valence-electron chi connectivity index (χ4n) is 4.64. The maximum absolute atomic E-state index is 13.3. The van der Waals surface area contributed by atoms with Crippen LogP contribution in [-0.2, 0) is 14.8 Å². The van der Waals surface area contributed by atoms with Gasteiger partial charge in [0.25, 0.3) is 17.7 Å². The number of benzene rings is 3. The maximum Gasteiger partial charge on any atom is 0.266 e. The van der Waals surface area contributed by atoms with Crippen LogP contribution in [0, 0.1) is 13.8 Å². The molecule has 3 aromatic carbocycles. The van der Waals surface area contributed by atoms with Gasteiger partial charge in [-0.25, -0.2) is 13.3 Å². The molecule has 1 fully saturated rings. The second-order valence-electron chi connectivity index (χ2n) is 9.33. The fraction of sp³-hybridized carbons (Fsp3) is 0.250. The summed E-state index contributed by atoms with van der Waals surface area (Å²) in [4.78, 5) is 40.7. The lowest BCUT2D eigenvalue weighted by atomic mass is 10.1. The molecule has 10 nitrogen and oxygen atoms in total. The number of aryl methyl sites for hydroxylation is 2. The van der Waals surface area contributed by atoms with Crippen molar-refractivity contribution in [2.45, 2.75) is 18.7 Å². The van der Waals surface area contributed by atoms with Crippen molar-refractivity contribution in [2.75, 3.05) is 43.6 Å². The highest BCUT2D eigenvalue weighted by atomic mass is 32.2. The number of hydrogen-bond donors (Lipinski definition) is 1. The number of rotatable bonds is 6. The Morgan fingerprint density at radius 3 is 2.36 bits per heavy atom. The standard InChI is InChI=1S/C28H27N3O7S/c1-17-4-5-18(2)24(14-17)31-27(33)21-8-6-19(15-22(21)28(31)34)26(32)29-23-16-20(7-9-25(23)37-3)39(35,36)30-10-12-38-13-11-30/h4-9,14-16H,10-13H2,1-3H3,(H,29,32). The number of amides is 3. The van der Waals surface area contributed by atoms with Crippen molar-refractivity contribution < 1.29 is 32.3 Å². The van der Waals surface area contributed by atoms with E-state index in [2.05, 4.69) is 5.32 Å². The number of methoxy groups -OCH3 is 1. The second kappa shape index (κ2) is 10.3. The molecule has 5 rings (SSSR count). The van der Waals surface area contributed by atoms with Crippen LogP contribution in [0.2, 0.25) is 0 Å². The first-order chi connectivity index (χ1) is 18.6. The minimum Gasteiger partial charge on any atom is -0.495 e. The molecule has 11 heteroatoms. The molecule has 0 unspecified atom stereocenters. The first-order valence-corrected chi connectivity index (χ1v) is 13.7. The third-order valence-corrected chi connectivity index (χ3v) is 8.68. The summed E-state index contributed by atoms with van der Waals surface area (Å²) < 4.78 is 38.2. The van der Waals surface area contributed by atoms with Crippen LogP contribution in [-0.4, -0.2) is 63.9 Å². The lowest BCUT2D eigenvalue weighted by Crippen LogP contribution is -2.40. The topological polar surface area (TPSA) is 122 Å². The maximum atomic E-state index is 13.3. The van der Waals surface area contributed by atoms with Crippen molar-refractivity contribution in [3.63, 3.8) is 0 Å². The molecule has 1 saturated heterocycles. The summed E-state index contributed by atoms with van der Waals surface area (Å²) in [6, 6.07) is 14.0. The Hall–Kier alpha value is -4.06. The Morgan fingerprint density at radius 1 is 0.923 bits per heavy atom. The van der Waals surface area contributed by atoms with Crippen LogP contribution in [0.15, 0.2) is 59.5 Å². The summed E-state index contributed by atoms with van der Waals surface area (Å²) in [7, 11) is -2.41. The molecule has 0 aromatic heterocycles. The van der Waals surface area contributed by atoms with Crippen LogP contribution >= 0.6 is 0 Å². The van der Waals surface area contributed by atoms with E-state index in [-0.39, 0.29) is 46.1 Å². The van der Waals surface area contributed by atoms with E-state index in [1.165, 1.54) is 47.8 Å². The highest BCUT2D eigenvalue weighted by molar-refractivity contribution is 7.89. The normalized spacial score (nSPS) is 15.8. The van der Waals surface area contributed by atoms with Crippen LogP contribution < -0.4 is 15.0 Å². The molecule has 3 aromatic rings. The smallest absolute Gasteiger partial charge is 0.266 e. The molecular weight excluding hydrogens is 522 g/mol. The van der Waals surface area contributed by atoms with E-state index in [0.717, 1.165) is 16.0 Å². The second-order valence-corrected chi connectivity index (χ2v) is 11.3. The molecule has 0 atom stereocenters. The number of carbonyl (C=O) groups is 3. The van der Waals surface area contributed by atoms with Gasteiger partial charge in [0.15, 0.2) is 0 Å². The quantitative estimate of drug-likeness (QED) is 0.468. The molecule has 0 aliphatic carbocycles. The minimum absolute atomic E-state index is 0.000561. The van der Waals surface area contributed by atoms with E-state index in [1.807, 2.05) is 26.0 Å². The van der Waals surface area contributed by atoms with Crippen LogP contribution in [0.4, 0.5) is 11.4 Å². The average Bonchev–Trinajstić information content (AvgIpc) is 3.19. The minimum atomic E-state index is -3.81. The van der Waals surface area contributed by atoms with Crippen LogP contribution in [0.5, 0.6) is 5.75 Å². The molecular formula is C28H27N3O7S. The Kier molecular flexibility index (Phi) is 6.98. The lowest BCUT2D eigenvalue weighted by Gasteiger charge is -2.26. The SMILES string of the molecule is COc1ccc(S(=O)(=O)N2CCOCC2)cc1NC(=O)c1ccc2c(c1)C(=O)N(c1cc(C)ccc1C)C2=O. The molecule has 3 amide bonds. The third-order valence-electron chi connectivity index (χ3n) is 6.78. The average molecular weight is 550 g/mol. The molecule has 39 heavy (non-hydrogen) atoms. The van der Waals surface area contributed by atoms with Crippen molar-refractivity contribution >= 4 is 39.1 Å². The van der Waals surface area contributed by atoms with Crippen molar-refractivity contribution in [3.05, 3.63) is 82.4 Å². The molecule has 0 saturated carbocycles. The first kappa shape index (κ1) is 26.5. The van der Waals surface area contributed by atoms with Crippen molar-refractivity contribution in [2.24, 2.45) is 0 Å². The van der Waals surface area contributed by atoms with Gasteiger partial charge in [-0.3, -0.25) is 14.4 Å². The number of morpholine rings is 1. The third kappa shape index (κ3) is 4.80. The number of imide groups is 1. The zero-order valence-corrected chi connectivity index (χ0v) is 22.5. The summed E-state index contributed by atoms with van der Waals surface area (Å²) in [5.41, 5.74) is 2.76. The van der Waals surface area contributed by atoms with Gasteiger partial charge in [0.1, 0.15) is 5.75 Å². The van der Waals surface area contributed by atoms with Gasteiger partial charge < -0.3 is 14.8 Å². The number of fused-ring (bicyclic) bond motifs is 1. The zero-order valence-electron chi connectivity index (χ0n) is 21.7. The van der Waals surface area contributed by atoms with Gasteiger partial charge in [0.2, 0.25) is 10.0 Å². The summed E-state index contributed by atoms with van der Waals surface area (Å²) >= 11 is 0. The Labute approximate surface area is 226 Å². The van der Waals surface area contributed by atoms with E-state index in [4.69, 9.17) is 9.47 Å². The summed E-state index contributed by atoms with van der Waals surface area (Å²) in [6.45, 7) is 4.77. The molecule has 0 radical (unpaired) electrons. The number of anilines is 2. The van der Waals surface area contributed by atoms with Crippen LogP contribution in [0.1, 0.15) is 42.2 Å². The van der Waals surface area contributed by atoms with Gasteiger partial charge in [0, 0.05) is 18.7 Å². The zero-order chi connectivity index (χ0) is 27.9. The van der Waals surface area contributed by atoms with E-state index < -0.39 is 27.7 Å². The van der Waals surface area contributed by atoms with Crippen LogP contribution in [0.3, 0.4) is 0 Å². The molecule has 2 aliphatic rings. The lowest BCUT2D eigenvalue weighted by molar-refractivity contribution is 0.0730. The molecule has 2 aliphatic heterocycles. The molecule has 0 bridgehead atoms. The highest BCUT2D eigenvalue weighted by Gasteiger charge is 2.38. The Balaban J connectivity index is 1.43. The van der Waals surface area contributed by atoms with Gasteiger partial charge in [-0.2, -0.15) is 4.31 Å². The first-order valence-electron chi connectivity index (χ1n) is 12.3. The van der Waals surface area contributed by atoms with Crippen molar-refractivity contribution in [1.82, 2.24) is 4.31 Å². The number of hydrogen-bond acceptors (Lipinski definition) is 7. The van der Waals surface area contributed by atoms with Crippen molar-refractivity contribution in [3.8, 4) is 5.75 Å². The number of ether oxygens (including phenoxy) is 2. The highest BCUT2D eigenvalue weighted by Crippen LogP contribution is 2.33. The number of carbonyl (C=O) groups excluding carboxylic acids is 3. The number of nitrogens with zero attached hydrogens (tertiary/aromatic N) is 2. The van der Waals surface area contributed by atoms with Crippen LogP contribution in [0.25, 0.3) is 0 Å². The molecule has 202 valence electrons. The summed E-state index contributed by atoms with van der Waals surface area (Å²) in [6.07, 6.45) is 0. The summed E-state index contributed by atoms with van der Waals surface area (Å²) in [5.74, 6) is -1.31. The monoisotopic (exact) mass is 549 g/mol. The van der Waals surface area contributed by atoms with E-state index >= 15 is 0 Å². The van der Waals surface area contributed by atoms with E-state index in [9.17, 15) is 22.8 Å².